The number of carbonyl (C=O) groups is 2. The number of oxime groups is 1. The van der Waals surface area contributed by atoms with Crippen LogP contribution in [0.4, 0.5) is 5.69 Å². The van der Waals surface area contributed by atoms with Crippen molar-refractivity contribution in [2.45, 2.75) is 20.0 Å². The molecule has 2 heterocycles. The van der Waals surface area contributed by atoms with E-state index in [-0.39, 0.29) is 5.91 Å². The number of amides is 2. The molecule has 0 spiro atoms. The number of para-hydroxylation sites is 1. The number of anilines is 1. The first-order valence-corrected chi connectivity index (χ1v) is 8.88. The Hall–Kier alpha value is -3.35. The van der Waals surface area contributed by atoms with Gasteiger partial charge in [-0.1, -0.05) is 28.9 Å². The molecule has 0 radical (unpaired) electrons. The van der Waals surface area contributed by atoms with Gasteiger partial charge < -0.3 is 14.3 Å². The normalized spacial score (nSPS) is 20.7. The third-order valence-electron chi connectivity index (χ3n) is 5.08. The zero-order valence-corrected chi connectivity index (χ0v) is 16.1. The zero-order chi connectivity index (χ0) is 20.0. The van der Waals surface area contributed by atoms with E-state index in [1.807, 2.05) is 26.0 Å². The minimum absolute atomic E-state index is 0.358. The second kappa shape index (κ2) is 6.67. The van der Waals surface area contributed by atoms with Gasteiger partial charge in [-0.3, -0.25) is 9.59 Å². The smallest absolute Gasteiger partial charge is 0.278 e. The molecule has 0 bridgehead atoms. The number of carbonyl (C=O) groups excluding carboxylic acids is 2. The third kappa shape index (κ3) is 2.54. The highest BCUT2D eigenvalue weighted by atomic mass is 16.7. The Balaban J connectivity index is 1.76. The molecule has 2 aromatic rings. The summed E-state index contributed by atoms with van der Waals surface area (Å²) in [5.74, 6) is -0.646. The molecule has 2 aliphatic heterocycles. The molecule has 1 saturated heterocycles. The van der Waals surface area contributed by atoms with Gasteiger partial charge in [0.15, 0.2) is 11.5 Å². The van der Waals surface area contributed by atoms with E-state index in [4.69, 9.17) is 14.3 Å². The number of rotatable bonds is 4. The number of methoxy groups -OCH3 is 2. The number of benzene rings is 2. The quantitative estimate of drug-likeness (QED) is 0.762. The highest BCUT2D eigenvalue weighted by Gasteiger charge is 2.56. The number of imide groups is 1. The van der Waals surface area contributed by atoms with Crippen LogP contribution in [0.5, 0.6) is 11.5 Å². The van der Waals surface area contributed by atoms with Crippen molar-refractivity contribution < 1.29 is 23.9 Å². The number of nitrogens with zero attached hydrogens (tertiary/aromatic N) is 2. The van der Waals surface area contributed by atoms with Crippen LogP contribution in [-0.2, 0) is 14.4 Å². The molecule has 2 aromatic carbocycles. The van der Waals surface area contributed by atoms with Gasteiger partial charge in [0.25, 0.3) is 5.91 Å². The average molecular weight is 380 g/mol. The molecule has 0 saturated carbocycles. The van der Waals surface area contributed by atoms with Crippen LogP contribution in [0.15, 0.2) is 41.6 Å². The van der Waals surface area contributed by atoms with Crippen molar-refractivity contribution in [2.24, 2.45) is 11.1 Å². The minimum Gasteiger partial charge on any atom is -0.493 e. The monoisotopic (exact) mass is 380 g/mol. The maximum Gasteiger partial charge on any atom is 0.278 e. The van der Waals surface area contributed by atoms with Crippen LogP contribution < -0.4 is 14.4 Å². The SMILES string of the molecule is COc1cccc(C2=NO[C@H]3C(=O)N(c4ccc(C)cc4C)C(=O)[C@@H]23)c1OC. The second-order valence-electron chi connectivity index (χ2n) is 6.82. The summed E-state index contributed by atoms with van der Waals surface area (Å²) in [6.45, 7) is 3.83. The maximum atomic E-state index is 13.2. The van der Waals surface area contributed by atoms with Crippen LogP contribution in [0.25, 0.3) is 0 Å². The third-order valence-corrected chi connectivity index (χ3v) is 5.08. The van der Waals surface area contributed by atoms with E-state index in [0.717, 1.165) is 11.1 Å². The first kappa shape index (κ1) is 18.0. The van der Waals surface area contributed by atoms with Gasteiger partial charge >= 0.3 is 0 Å². The summed E-state index contributed by atoms with van der Waals surface area (Å²) >= 11 is 0. The standard InChI is InChI=1S/C21H20N2O5/c1-11-8-9-14(12(2)10-11)23-20(24)16-17(22-28-19(16)21(23)25)13-6-5-7-15(26-3)18(13)27-4/h5-10,16,19H,1-4H3/t16-,19+/m0/s1. The van der Waals surface area contributed by atoms with Crippen LogP contribution in [0.1, 0.15) is 16.7 Å². The molecule has 2 aliphatic rings. The highest BCUT2D eigenvalue weighted by Crippen LogP contribution is 2.40. The van der Waals surface area contributed by atoms with Crippen LogP contribution in [0.2, 0.25) is 0 Å². The Kier molecular flexibility index (Phi) is 4.30. The van der Waals surface area contributed by atoms with Gasteiger partial charge in [-0.05, 0) is 37.6 Å². The summed E-state index contributed by atoms with van der Waals surface area (Å²) in [5, 5.41) is 4.05. The molecule has 28 heavy (non-hydrogen) atoms. The van der Waals surface area contributed by atoms with Gasteiger partial charge in [0.2, 0.25) is 12.0 Å². The molecule has 0 unspecified atom stereocenters. The first-order valence-electron chi connectivity index (χ1n) is 8.88. The second-order valence-corrected chi connectivity index (χ2v) is 6.82. The molecule has 0 N–H and O–H groups in total. The Bertz CT molecular complexity index is 1010. The van der Waals surface area contributed by atoms with Gasteiger partial charge in [0.05, 0.1) is 19.9 Å². The Morgan fingerprint density at radius 2 is 1.82 bits per heavy atom. The van der Waals surface area contributed by atoms with Crippen molar-refractivity contribution in [1.82, 2.24) is 0 Å². The topological polar surface area (TPSA) is 77.4 Å². The number of hydrogen-bond acceptors (Lipinski definition) is 6. The predicted octanol–water partition coefficient (Wildman–Crippen LogP) is 2.61. The van der Waals surface area contributed by atoms with Crippen molar-refractivity contribution in [3.8, 4) is 11.5 Å². The number of aryl methyl sites for hydroxylation is 2. The Morgan fingerprint density at radius 3 is 2.50 bits per heavy atom. The van der Waals surface area contributed by atoms with Crippen LogP contribution in [0.3, 0.4) is 0 Å². The van der Waals surface area contributed by atoms with E-state index in [0.29, 0.717) is 28.5 Å². The average Bonchev–Trinajstić information content (AvgIpc) is 3.22. The highest BCUT2D eigenvalue weighted by molar-refractivity contribution is 6.33. The van der Waals surface area contributed by atoms with Gasteiger partial charge in [-0.2, -0.15) is 0 Å². The molecule has 144 valence electrons. The molecule has 2 amide bonds. The van der Waals surface area contributed by atoms with Crippen LogP contribution in [-0.4, -0.2) is 37.8 Å². The molecule has 0 aromatic heterocycles. The van der Waals surface area contributed by atoms with E-state index >= 15 is 0 Å². The number of ether oxygens (including phenoxy) is 2. The molecule has 7 nitrogen and oxygen atoms in total. The number of hydrogen-bond donors (Lipinski definition) is 0. The summed E-state index contributed by atoms with van der Waals surface area (Å²) < 4.78 is 10.8. The molecular formula is C21H20N2O5. The van der Waals surface area contributed by atoms with E-state index in [1.165, 1.54) is 19.1 Å². The van der Waals surface area contributed by atoms with E-state index < -0.39 is 17.9 Å². The Labute approximate surface area is 162 Å². The van der Waals surface area contributed by atoms with E-state index in [2.05, 4.69) is 5.16 Å². The lowest BCUT2D eigenvalue weighted by molar-refractivity contribution is -0.126. The fourth-order valence-corrected chi connectivity index (χ4v) is 3.78. The van der Waals surface area contributed by atoms with E-state index in [9.17, 15) is 9.59 Å². The van der Waals surface area contributed by atoms with E-state index in [1.54, 1.807) is 24.3 Å². The van der Waals surface area contributed by atoms with Gasteiger partial charge in [-0.15, -0.1) is 0 Å². The van der Waals surface area contributed by atoms with Gasteiger partial charge in [0.1, 0.15) is 11.6 Å². The van der Waals surface area contributed by atoms with Crippen molar-refractivity contribution in [1.29, 1.82) is 0 Å². The molecule has 4 rings (SSSR count). The van der Waals surface area contributed by atoms with Crippen molar-refractivity contribution in [3.63, 3.8) is 0 Å². The predicted molar refractivity (Wildman–Crippen MR) is 103 cm³/mol. The van der Waals surface area contributed by atoms with Crippen LogP contribution in [0, 0.1) is 19.8 Å². The van der Waals surface area contributed by atoms with Gasteiger partial charge in [-0.25, -0.2) is 4.90 Å². The fourth-order valence-electron chi connectivity index (χ4n) is 3.78. The maximum absolute atomic E-state index is 13.2. The molecular weight excluding hydrogens is 360 g/mol. The zero-order valence-electron chi connectivity index (χ0n) is 16.1. The number of fused-ring (bicyclic) bond motifs is 1. The van der Waals surface area contributed by atoms with Crippen molar-refractivity contribution in [3.05, 3.63) is 53.1 Å². The minimum atomic E-state index is -0.973. The largest absolute Gasteiger partial charge is 0.493 e. The Morgan fingerprint density at radius 1 is 1.04 bits per heavy atom. The van der Waals surface area contributed by atoms with Crippen molar-refractivity contribution >= 4 is 23.2 Å². The lowest BCUT2D eigenvalue weighted by Gasteiger charge is -2.18. The molecule has 2 atom stereocenters. The first-order chi connectivity index (χ1) is 13.5. The van der Waals surface area contributed by atoms with Crippen LogP contribution >= 0.6 is 0 Å². The summed E-state index contributed by atoms with van der Waals surface area (Å²) in [6, 6.07) is 10.9. The molecule has 0 aliphatic carbocycles. The summed E-state index contributed by atoms with van der Waals surface area (Å²) in [6.07, 6.45) is -0.973. The molecule has 7 heteroatoms. The fraction of sp³-hybridized carbons (Fsp3) is 0.286. The summed E-state index contributed by atoms with van der Waals surface area (Å²) in [7, 11) is 3.04. The lowest BCUT2D eigenvalue weighted by Crippen LogP contribution is -2.33. The summed E-state index contributed by atoms with van der Waals surface area (Å²) in [5.41, 5.74) is 3.40. The summed E-state index contributed by atoms with van der Waals surface area (Å²) in [4.78, 5) is 32.8. The van der Waals surface area contributed by atoms with Crippen molar-refractivity contribution in [2.75, 3.05) is 19.1 Å². The molecule has 1 fully saturated rings. The lowest BCUT2D eigenvalue weighted by atomic mass is 9.93. The van der Waals surface area contributed by atoms with Gasteiger partial charge in [0, 0.05) is 5.56 Å².